The average Bonchev–Trinajstić information content (AvgIpc) is 3.23. The number of nitrogens with one attached hydrogen (secondary N) is 1. The summed E-state index contributed by atoms with van der Waals surface area (Å²) in [5.41, 5.74) is 0.0721. The van der Waals surface area contributed by atoms with Crippen LogP contribution in [0.3, 0.4) is 0 Å². The molecule has 0 saturated carbocycles. The summed E-state index contributed by atoms with van der Waals surface area (Å²) in [5.74, 6) is -0.490. The molecule has 0 bridgehead atoms. The number of halogens is 1. The Labute approximate surface area is 153 Å². The second-order valence-electron chi connectivity index (χ2n) is 6.32. The van der Waals surface area contributed by atoms with Gasteiger partial charge in [-0.2, -0.15) is 0 Å². The lowest BCUT2D eigenvalue weighted by Crippen LogP contribution is -2.40. The van der Waals surface area contributed by atoms with Crippen molar-refractivity contribution in [1.82, 2.24) is 20.4 Å². The van der Waals surface area contributed by atoms with Gasteiger partial charge in [-0.15, -0.1) is 10.2 Å². The molecule has 1 aliphatic rings. The van der Waals surface area contributed by atoms with Crippen LogP contribution in [-0.2, 0) is 16.9 Å². The van der Waals surface area contributed by atoms with Crippen LogP contribution in [0.5, 0.6) is 0 Å². The number of carbonyl (C=O) groups is 2. The molecule has 1 fully saturated rings. The molecule has 2 heterocycles. The number of hydrogen-bond donors (Lipinski definition) is 1. The number of imide groups is 1. The van der Waals surface area contributed by atoms with Gasteiger partial charge in [-0.25, -0.2) is 9.18 Å². The Bertz CT molecular complexity index is 1000. The molecule has 1 aliphatic heterocycles. The summed E-state index contributed by atoms with van der Waals surface area (Å²) < 4.78 is 18.5. The van der Waals surface area contributed by atoms with Crippen molar-refractivity contribution in [2.24, 2.45) is 0 Å². The van der Waals surface area contributed by atoms with E-state index in [0.717, 1.165) is 4.90 Å². The minimum Gasteiger partial charge on any atom is -0.419 e. The number of amides is 3. The molecule has 1 N–H and O–H groups in total. The van der Waals surface area contributed by atoms with Gasteiger partial charge < -0.3 is 9.73 Å². The predicted octanol–water partition coefficient (Wildman–Crippen LogP) is 2.84. The Morgan fingerprint density at radius 2 is 1.78 bits per heavy atom. The first-order valence-corrected chi connectivity index (χ1v) is 8.25. The van der Waals surface area contributed by atoms with Gasteiger partial charge in [0.1, 0.15) is 17.9 Å². The van der Waals surface area contributed by atoms with Crippen molar-refractivity contribution >= 4 is 11.9 Å². The third-order valence-corrected chi connectivity index (χ3v) is 4.48. The van der Waals surface area contributed by atoms with Gasteiger partial charge in [0, 0.05) is 5.56 Å². The zero-order valence-electron chi connectivity index (χ0n) is 14.3. The highest BCUT2D eigenvalue weighted by Gasteiger charge is 2.49. The summed E-state index contributed by atoms with van der Waals surface area (Å²) in [5, 5.41) is 10.5. The normalized spacial score (nSPS) is 19.4. The zero-order valence-corrected chi connectivity index (χ0v) is 14.3. The molecule has 0 radical (unpaired) electrons. The van der Waals surface area contributed by atoms with E-state index in [0.29, 0.717) is 11.1 Å². The molecule has 27 heavy (non-hydrogen) atoms. The van der Waals surface area contributed by atoms with Crippen LogP contribution in [0.1, 0.15) is 18.4 Å². The number of carbonyl (C=O) groups excluding carboxylic acids is 2. The summed E-state index contributed by atoms with van der Waals surface area (Å²) in [6.45, 7) is 1.50. The van der Waals surface area contributed by atoms with Gasteiger partial charge in [-0.05, 0) is 36.8 Å². The largest absolute Gasteiger partial charge is 0.419 e. The van der Waals surface area contributed by atoms with E-state index in [1.165, 1.54) is 24.3 Å². The molecule has 7 nitrogen and oxygen atoms in total. The standard InChI is InChI=1S/C19H15FN4O3/c1-19(13-5-3-2-4-6-13)17(25)24(18(26)21-19)11-15-22-23-16(27-15)12-7-9-14(20)10-8-12/h2-10H,11H2,1H3,(H,21,26)/t19-/m0/s1. The quantitative estimate of drug-likeness (QED) is 0.718. The van der Waals surface area contributed by atoms with Gasteiger partial charge in [0.2, 0.25) is 11.8 Å². The second kappa shape index (κ2) is 6.31. The summed E-state index contributed by atoms with van der Waals surface area (Å²) in [6.07, 6.45) is 0. The molecule has 1 aromatic heterocycles. The van der Waals surface area contributed by atoms with Crippen molar-refractivity contribution in [3.63, 3.8) is 0 Å². The Kier molecular flexibility index (Phi) is 3.95. The van der Waals surface area contributed by atoms with E-state index in [1.807, 2.05) is 6.07 Å². The fourth-order valence-electron chi connectivity index (χ4n) is 2.97. The molecule has 136 valence electrons. The van der Waals surface area contributed by atoms with Crippen LogP contribution in [-0.4, -0.2) is 27.0 Å². The molecule has 8 heteroatoms. The lowest BCUT2D eigenvalue weighted by atomic mass is 9.92. The summed E-state index contributed by atoms with van der Waals surface area (Å²) >= 11 is 0. The van der Waals surface area contributed by atoms with Crippen molar-refractivity contribution in [2.45, 2.75) is 19.0 Å². The van der Waals surface area contributed by atoms with Gasteiger partial charge in [-0.1, -0.05) is 30.3 Å². The van der Waals surface area contributed by atoms with Crippen molar-refractivity contribution in [1.29, 1.82) is 0 Å². The summed E-state index contributed by atoms with van der Waals surface area (Å²) in [4.78, 5) is 26.3. The fraction of sp³-hybridized carbons (Fsp3) is 0.158. The van der Waals surface area contributed by atoms with E-state index in [-0.39, 0.29) is 24.1 Å². The number of benzene rings is 2. The maximum atomic E-state index is 13.0. The first kappa shape index (κ1) is 16.9. The zero-order chi connectivity index (χ0) is 19.0. The highest BCUT2D eigenvalue weighted by Crippen LogP contribution is 2.29. The van der Waals surface area contributed by atoms with Crippen molar-refractivity contribution in [3.8, 4) is 11.5 Å². The van der Waals surface area contributed by atoms with Crippen LogP contribution in [0.2, 0.25) is 0 Å². The Morgan fingerprint density at radius 1 is 1.07 bits per heavy atom. The van der Waals surface area contributed by atoms with Crippen LogP contribution in [0.25, 0.3) is 11.5 Å². The van der Waals surface area contributed by atoms with Gasteiger partial charge in [0.25, 0.3) is 5.91 Å². The van der Waals surface area contributed by atoms with E-state index >= 15 is 0 Å². The number of rotatable bonds is 4. The van der Waals surface area contributed by atoms with Crippen LogP contribution in [0, 0.1) is 5.82 Å². The SMILES string of the molecule is C[C@@]1(c2ccccc2)NC(=O)N(Cc2nnc(-c3ccc(F)cc3)o2)C1=O. The molecule has 0 spiro atoms. The minimum atomic E-state index is -1.15. The predicted molar refractivity (Wildman–Crippen MR) is 92.6 cm³/mol. The molecule has 2 aromatic carbocycles. The molecule has 1 atom stereocenters. The van der Waals surface area contributed by atoms with Crippen molar-refractivity contribution < 1.29 is 18.4 Å². The van der Waals surface area contributed by atoms with Crippen molar-refractivity contribution in [2.75, 3.05) is 0 Å². The van der Waals surface area contributed by atoms with Crippen molar-refractivity contribution in [3.05, 3.63) is 71.9 Å². The van der Waals surface area contributed by atoms with E-state index in [9.17, 15) is 14.0 Å². The van der Waals surface area contributed by atoms with Crippen LogP contribution in [0.4, 0.5) is 9.18 Å². The van der Waals surface area contributed by atoms with Gasteiger partial charge in [0.05, 0.1) is 0 Å². The monoisotopic (exact) mass is 366 g/mol. The Balaban J connectivity index is 1.56. The Hall–Kier alpha value is -3.55. The van der Waals surface area contributed by atoms with Crippen LogP contribution < -0.4 is 5.32 Å². The maximum absolute atomic E-state index is 13.0. The van der Waals surface area contributed by atoms with Gasteiger partial charge >= 0.3 is 6.03 Å². The number of nitrogens with zero attached hydrogens (tertiary/aromatic N) is 3. The molecule has 3 aromatic rings. The first-order chi connectivity index (χ1) is 13.0. The second-order valence-corrected chi connectivity index (χ2v) is 6.32. The van der Waals surface area contributed by atoms with Gasteiger partial charge in [0.15, 0.2) is 0 Å². The maximum Gasteiger partial charge on any atom is 0.325 e. The number of aromatic nitrogens is 2. The van der Waals surface area contributed by atoms with E-state index < -0.39 is 17.5 Å². The highest BCUT2D eigenvalue weighted by atomic mass is 19.1. The molecule has 0 aliphatic carbocycles. The van der Waals surface area contributed by atoms with Crippen LogP contribution in [0.15, 0.2) is 59.0 Å². The summed E-state index contributed by atoms with van der Waals surface area (Å²) in [7, 11) is 0. The molecular formula is C19H15FN4O3. The smallest absolute Gasteiger partial charge is 0.325 e. The van der Waals surface area contributed by atoms with Crippen LogP contribution >= 0.6 is 0 Å². The molecule has 3 amide bonds. The van der Waals surface area contributed by atoms with E-state index in [4.69, 9.17) is 4.42 Å². The summed E-state index contributed by atoms with van der Waals surface area (Å²) in [6, 6.07) is 14.0. The van der Waals surface area contributed by atoms with E-state index in [2.05, 4.69) is 15.5 Å². The lowest BCUT2D eigenvalue weighted by molar-refractivity contribution is -0.131. The number of hydrogen-bond acceptors (Lipinski definition) is 5. The molecule has 4 rings (SSSR count). The Morgan fingerprint density at radius 3 is 2.48 bits per heavy atom. The minimum absolute atomic E-state index is 0.107. The average molecular weight is 366 g/mol. The topological polar surface area (TPSA) is 88.3 Å². The molecule has 0 unspecified atom stereocenters. The van der Waals surface area contributed by atoms with E-state index in [1.54, 1.807) is 31.2 Å². The lowest BCUT2D eigenvalue weighted by Gasteiger charge is -2.21. The fourth-order valence-corrected chi connectivity index (χ4v) is 2.97. The third kappa shape index (κ3) is 2.95. The van der Waals surface area contributed by atoms with Gasteiger partial charge in [-0.3, -0.25) is 9.69 Å². The third-order valence-electron chi connectivity index (χ3n) is 4.48. The first-order valence-electron chi connectivity index (χ1n) is 8.25. The molecular weight excluding hydrogens is 351 g/mol. The number of urea groups is 1. The molecule has 1 saturated heterocycles. The highest BCUT2D eigenvalue weighted by molar-refractivity contribution is 6.07.